The SMILES string of the molecule is CCN(CC)C(=O)C1=CC=CC=CO1. The number of hydrogen-bond acceptors (Lipinski definition) is 2. The number of likely N-dealkylation sites (N-methyl/N-ethyl adjacent to an activating group) is 1. The summed E-state index contributed by atoms with van der Waals surface area (Å²) < 4.78 is 5.18. The molecule has 0 saturated carbocycles. The molecule has 0 aromatic heterocycles. The second-order valence-electron chi connectivity index (χ2n) is 2.84. The fraction of sp³-hybridized carbons (Fsp3) is 0.364. The molecule has 14 heavy (non-hydrogen) atoms. The molecule has 0 N–H and O–H groups in total. The van der Waals surface area contributed by atoms with Crippen LogP contribution in [0, 0.1) is 0 Å². The Hall–Kier alpha value is -1.51. The van der Waals surface area contributed by atoms with Gasteiger partial charge in [-0.15, -0.1) is 0 Å². The van der Waals surface area contributed by atoms with Crippen LogP contribution >= 0.6 is 0 Å². The first kappa shape index (κ1) is 10.6. The van der Waals surface area contributed by atoms with Gasteiger partial charge < -0.3 is 9.64 Å². The van der Waals surface area contributed by atoms with Gasteiger partial charge in [0.05, 0.1) is 6.26 Å². The van der Waals surface area contributed by atoms with Crippen LogP contribution in [-0.2, 0) is 9.53 Å². The standard InChI is InChI=1S/C11H15NO2/c1-3-12(4-2)11(13)10-8-6-5-7-9-14-10/h5-9H,3-4H2,1-2H3. The van der Waals surface area contributed by atoms with Crippen molar-refractivity contribution in [1.29, 1.82) is 0 Å². The van der Waals surface area contributed by atoms with Crippen LogP contribution in [0.15, 0.2) is 36.3 Å². The molecule has 3 heteroatoms. The van der Waals surface area contributed by atoms with Crippen LogP contribution in [0.4, 0.5) is 0 Å². The van der Waals surface area contributed by atoms with Crippen molar-refractivity contribution in [2.75, 3.05) is 13.1 Å². The number of amides is 1. The van der Waals surface area contributed by atoms with E-state index in [-0.39, 0.29) is 5.91 Å². The molecule has 0 unspecified atom stereocenters. The van der Waals surface area contributed by atoms with E-state index in [4.69, 9.17) is 4.74 Å². The van der Waals surface area contributed by atoms with Crippen LogP contribution in [0.5, 0.6) is 0 Å². The molecule has 0 atom stereocenters. The third-order valence-corrected chi connectivity index (χ3v) is 2.00. The van der Waals surface area contributed by atoms with Crippen LogP contribution in [0.1, 0.15) is 13.8 Å². The van der Waals surface area contributed by atoms with Gasteiger partial charge in [0, 0.05) is 13.1 Å². The van der Waals surface area contributed by atoms with E-state index in [2.05, 4.69) is 0 Å². The van der Waals surface area contributed by atoms with Gasteiger partial charge in [-0.1, -0.05) is 12.2 Å². The maximum atomic E-state index is 11.8. The maximum Gasteiger partial charge on any atom is 0.289 e. The molecule has 0 bridgehead atoms. The van der Waals surface area contributed by atoms with Crippen LogP contribution < -0.4 is 0 Å². The summed E-state index contributed by atoms with van der Waals surface area (Å²) >= 11 is 0. The summed E-state index contributed by atoms with van der Waals surface area (Å²) in [4.78, 5) is 13.5. The summed E-state index contributed by atoms with van der Waals surface area (Å²) in [7, 11) is 0. The second-order valence-corrected chi connectivity index (χ2v) is 2.84. The molecule has 1 amide bonds. The Morgan fingerprint density at radius 2 is 2.00 bits per heavy atom. The van der Waals surface area contributed by atoms with Gasteiger partial charge in [0.1, 0.15) is 0 Å². The molecule has 0 aliphatic carbocycles. The van der Waals surface area contributed by atoms with E-state index in [1.165, 1.54) is 6.26 Å². The van der Waals surface area contributed by atoms with E-state index >= 15 is 0 Å². The predicted octanol–water partition coefficient (Wildman–Crippen LogP) is 1.84. The van der Waals surface area contributed by atoms with Crippen LogP contribution in [0.25, 0.3) is 0 Å². The molecule has 1 rings (SSSR count). The van der Waals surface area contributed by atoms with Crippen LogP contribution in [0.3, 0.4) is 0 Å². The topological polar surface area (TPSA) is 29.5 Å². The summed E-state index contributed by atoms with van der Waals surface area (Å²) in [6.45, 7) is 5.29. The van der Waals surface area contributed by atoms with Crippen molar-refractivity contribution in [3.8, 4) is 0 Å². The van der Waals surface area contributed by atoms with E-state index < -0.39 is 0 Å². The predicted molar refractivity (Wildman–Crippen MR) is 55.4 cm³/mol. The molecule has 0 fully saturated rings. The third-order valence-electron chi connectivity index (χ3n) is 2.00. The average molecular weight is 193 g/mol. The summed E-state index contributed by atoms with van der Waals surface area (Å²) in [6, 6.07) is 0. The maximum absolute atomic E-state index is 11.8. The van der Waals surface area contributed by atoms with Crippen molar-refractivity contribution < 1.29 is 9.53 Å². The highest BCUT2D eigenvalue weighted by Gasteiger charge is 2.15. The Morgan fingerprint density at radius 3 is 2.64 bits per heavy atom. The highest BCUT2D eigenvalue weighted by molar-refractivity contribution is 5.91. The molecule has 1 aliphatic heterocycles. The van der Waals surface area contributed by atoms with Gasteiger partial charge in [-0.05, 0) is 26.0 Å². The lowest BCUT2D eigenvalue weighted by Crippen LogP contribution is -2.32. The van der Waals surface area contributed by atoms with Crippen LogP contribution in [0.2, 0.25) is 0 Å². The smallest absolute Gasteiger partial charge is 0.289 e. The highest BCUT2D eigenvalue weighted by atomic mass is 16.5. The Kier molecular flexibility index (Phi) is 3.98. The van der Waals surface area contributed by atoms with Crippen molar-refractivity contribution in [2.45, 2.75) is 13.8 Å². The molecule has 0 aromatic carbocycles. The van der Waals surface area contributed by atoms with Crippen molar-refractivity contribution in [1.82, 2.24) is 4.90 Å². The molecular weight excluding hydrogens is 178 g/mol. The summed E-state index contributed by atoms with van der Waals surface area (Å²) in [5.74, 6) is 0.310. The van der Waals surface area contributed by atoms with Crippen molar-refractivity contribution in [2.24, 2.45) is 0 Å². The Labute approximate surface area is 84.3 Å². The number of ether oxygens (including phenoxy) is 1. The molecule has 1 aliphatic rings. The van der Waals surface area contributed by atoms with Gasteiger partial charge >= 0.3 is 0 Å². The quantitative estimate of drug-likeness (QED) is 0.684. The first-order valence-electron chi connectivity index (χ1n) is 4.79. The number of carbonyl (C=O) groups is 1. The van der Waals surface area contributed by atoms with Crippen molar-refractivity contribution in [3.05, 3.63) is 36.3 Å². The lowest BCUT2D eigenvalue weighted by Gasteiger charge is -2.19. The molecule has 0 radical (unpaired) electrons. The zero-order chi connectivity index (χ0) is 10.4. The summed E-state index contributed by atoms with van der Waals surface area (Å²) in [6.07, 6.45) is 8.55. The lowest BCUT2D eigenvalue weighted by atomic mass is 10.3. The monoisotopic (exact) mass is 193 g/mol. The van der Waals surface area contributed by atoms with E-state index in [0.717, 1.165) is 0 Å². The number of allylic oxidation sites excluding steroid dienone is 4. The van der Waals surface area contributed by atoms with Gasteiger partial charge in [0.25, 0.3) is 5.91 Å². The zero-order valence-electron chi connectivity index (χ0n) is 8.56. The largest absolute Gasteiger partial charge is 0.459 e. The minimum Gasteiger partial charge on any atom is -0.459 e. The fourth-order valence-electron chi connectivity index (χ4n) is 1.19. The van der Waals surface area contributed by atoms with Gasteiger partial charge in [0.2, 0.25) is 0 Å². The molecule has 0 saturated heterocycles. The van der Waals surface area contributed by atoms with Gasteiger partial charge in [-0.25, -0.2) is 0 Å². The average Bonchev–Trinajstić information content (AvgIpc) is 2.47. The number of hydrogen-bond donors (Lipinski definition) is 0. The van der Waals surface area contributed by atoms with Gasteiger partial charge in [-0.2, -0.15) is 0 Å². The summed E-state index contributed by atoms with van der Waals surface area (Å²) in [5.41, 5.74) is 0. The van der Waals surface area contributed by atoms with Crippen molar-refractivity contribution in [3.63, 3.8) is 0 Å². The first-order valence-corrected chi connectivity index (χ1v) is 4.79. The number of carbonyl (C=O) groups excluding carboxylic acids is 1. The molecule has 1 heterocycles. The van der Waals surface area contributed by atoms with E-state index in [1.807, 2.05) is 19.9 Å². The minimum absolute atomic E-state index is 0.0637. The molecule has 76 valence electrons. The first-order chi connectivity index (χ1) is 6.79. The Morgan fingerprint density at radius 1 is 1.29 bits per heavy atom. The highest BCUT2D eigenvalue weighted by Crippen LogP contribution is 2.07. The second kappa shape index (κ2) is 5.27. The fourth-order valence-corrected chi connectivity index (χ4v) is 1.19. The molecule has 3 nitrogen and oxygen atoms in total. The summed E-state index contributed by atoms with van der Waals surface area (Å²) in [5, 5.41) is 0. The van der Waals surface area contributed by atoms with E-state index in [0.29, 0.717) is 18.8 Å². The van der Waals surface area contributed by atoms with Gasteiger partial charge in [-0.3, -0.25) is 4.79 Å². The zero-order valence-corrected chi connectivity index (χ0v) is 8.56. The number of nitrogens with zero attached hydrogens (tertiary/aromatic N) is 1. The molecular formula is C11H15NO2. The van der Waals surface area contributed by atoms with Crippen LogP contribution in [-0.4, -0.2) is 23.9 Å². The minimum atomic E-state index is -0.0637. The molecule has 0 aromatic rings. The third kappa shape index (κ3) is 2.49. The van der Waals surface area contributed by atoms with Crippen molar-refractivity contribution >= 4 is 5.91 Å². The van der Waals surface area contributed by atoms with Gasteiger partial charge in [0.15, 0.2) is 5.76 Å². The van der Waals surface area contributed by atoms with E-state index in [1.54, 1.807) is 23.1 Å². The Bertz CT molecular complexity index is 286. The Balaban J connectivity index is 2.73. The normalized spacial score (nSPS) is 14.3. The lowest BCUT2D eigenvalue weighted by molar-refractivity contribution is -0.129. The van der Waals surface area contributed by atoms with E-state index in [9.17, 15) is 4.79 Å². The molecule has 0 spiro atoms. The number of rotatable bonds is 3.